The quantitative estimate of drug-likeness (QED) is 0.749. The molecule has 0 aliphatic carbocycles. The summed E-state index contributed by atoms with van der Waals surface area (Å²) in [5.74, 6) is 1.02. The summed E-state index contributed by atoms with van der Waals surface area (Å²) in [4.78, 5) is 12.2. The number of para-hydroxylation sites is 1. The summed E-state index contributed by atoms with van der Waals surface area (Å²) in [7, 11) is 1.61. The Balaban J connectivity index is 1.99. The van der Waals surface area contributed by atoms with E-state index in [-0.39, 0.29) is 18.6 Å². The lowest BCUT2D eigenvalue weighted by atomic mass is 10.1. The highest BCUT2D eigenvalue weighted by atomic mass is 79.9. The number of hydrogen-bond donors (Lipinski definition) is 1. The van der Waals surface area contributed by atoms with Gasteiger partial charge in [0.2, 0.25) is 0 Å². The number of methoxy groups -OCH3 is 1. The second-order valence-electron chi connectivity index (χ2n) is 5.35. The fraction of sp³-hybridized carbons (Fsp3) is 0.278. The van der Waals surface area contributed by atoms with Crippen molar-refractivity contribution < 1.29 is 14.3 Å². The number of carbonyl (C=O) groups excluding carboxylic acids is 1. The molecular formula is C18H19BrClNO3. The molecule has 0 fully saturated rings. The van der Waals surface area contributed by atoms with E-state index in [1.54, 1.807) is 13.2 Å². The van der Waals surface area contributed by atoms with Crippen molar-refractivity contribution in [2.24, 2.45) is 0 Å². The first-order valence-corrected chi connectivity index (χ1v) is 8.60. The number of benzene rings is 2. The second-order valence-corrected chi connectivity index (χ2v) is 6.68. The van der Waals surface area contributed by atoms with Crippen LogP contribution in [0, 0.1) is 6.92 Å². The number of rotatable bonds is 6. The van der Waals surface area contributed by atoms with Gasteiger partial charge in [-0.25, -0.2) is 0 Å². The van der Waals surface area contributed by atoms with E-state index >= 15 is 0 Å². The summed E-state index contributed by atoms with van der Waals surface area (Å²) < 4.78 is 11.8. The van der Waals surface area contributed by atoms with Crippen LogP contribution in [0.25, 0.3) is 0 Å². The van der Waals surface area contributed by atoms with Crippen molar-refractivity contribution in [1.29, 1.82) is 0 Å². The molecule has 6 heteroatoms. The predicted molar refractivity (Wildman–Crippen MR) is 98.9 cm³/mol. The minimum atomic E-state index is -0.230. The molecule has 0 heterocycles. The molecule has 4 nitrogen and oxygen atoms in total. The van der Waals surface area contributed by atoms with Crippen molar-refractivity contribution in [2.45, 2.75) is 19.9 Å². The summed E-state index contributed by atoms with van der Waals surface area (Å²) in [6.07, 6.45) is 0. The summed E-state index contributed by atoms with van der Waals surface area (Å²) >= 11 is 9.52. The van der Waals surface area contributed by atoms with Crippen LogP contribution in [0.3, 0.4) is 0 Å². The zero-order chi connectivity index (χ0) is 17.7. The Morgan fingerprint density at radius 1 is 1.33 bits per heavy atom. The minimum Gasteiger partial charge on any atom is -0.496 e. The average molecular weight is 413 g/mol. The number of ether oxygens (including phenoxy) is 2. The molecule has 24 heavy (non-hydrogen) atoms. The molecule has 0 aliphatic rings. The van der Waals surface area contributed by atoms with Gasteiger partial charge in [-0.1, -0.05) is 45.7 Å². The standard InChI is InChI=1S/C18H19BrClNO3/c1-11-8-13(19)9-15(20)18(11)24-10-17(22)21-12(2)14-6-4-5-7-16(14)23-3/h4-9,12H,10H2,1-3H3,(H,21,22). The number of aryl methyl sites for hydroxylation is 1. The van der Waals surface area contributed by atoms with Gasteiger partial charge in [0.05, 0.1) is 18.2 Å². The van der Waals surface area contributed by atoms with Gasteiger partial charge in [-0.3, -0.25) is 4.79 Å². The lowest BCUT2D eigenvalue weighted by Crippen LogP contribution is -2.31. The van der Waals surface area contributed by atoms with Crippen molar-refractivity contribution in [3.8, 4) is 11.5 Å². The van der Waals surface area contributed by atoms with Crippen LogP contribution in [-0.4, -0.2) is 19.6 Å². The molecule has 1 atom stereocenters. The van der Waals surface area contributed by atoms with Crippen LogP contribution in [0.5, 0.6) is 11.5 Å². The first kappa shape index (κ1) is 18.6. The van der Waals surface area contributed by atoms with Crippen LogP contribution in [0.1, 0.15) is 24.1 Å². The highest BCUT2D eigenvalue weighted by Crippen LogP contribution is 2.32. The van der Waals surface area contributed by atoms with Crippen molar-refractivity contribution in [1.82, 2.24) is 5.32 Å². The van der Waals surface area contributed by atoms with E-state index in [0.29, 0.717) is 10.8 Å². The molecule has 0 aromatic heterocycles. The van der Waals surface area contributed by atoms with Crippen molar-refractivity contribution in [2.75, 3.05) is 13.7 Å². The van der Waals surface area contributed by atoms with Gasteiger partial charge in [0.15, 0.2) is 6.61 Å². The van der Waals surface area contributed by atoms with Gasteiger partial charge >= 0.3 is 0 Å². The lowest BCUT2D eigenvalue weighted by Gasteiger charge is -2.18. The molecule has 1 unspecified atom stereocenters. The first-order chi connectivity index (χ1) is 11.4. The third-order valence-corrected chi connectivity index (χ3v) is 4.26. The van der Waals surface area contributed by atoms with E-state index in [2.05, 4.69) is 21.2 Å². The fourth-order valence-electron chi connectivity index (χ4n) is 2.39. The molecular weight excluding hydrogens is 394 g/mol. The molecule has 0 bridgehead atoms. The van der Waals surface area contributed by atoms with Crippen LogP contribution in [0.15, 0.2) is 40.9 Å². The third kappa shape index (κ3) is 4.65. The summed E-state index contributed by atoms with van der Waals surface area (Å²) in [5, 5.41) is 3.36. The molecule has 0 radical (unpaired) electrons. The summed E-state index contributed by atoms with van der Waals surface area (Å²) in [6, 6.07) is 11.0. The number of halogens is 2. The van der Waals surface area contributed by atoms with Crippen LogP contribution in [0.2, 0.25) is 5.02 Å². The number of carbonyl (C=O) groups is 1. The van der Waals surface area contributed by atoms with Gasteiger partial charge in [-0.15, -0.1) is 0 Å². The molecule has 2 rings (SSSR count). The smallest absolute Gasteiger partial charge is 0.258 e. The van der Waals surface area contributed by atoms with Gasteiger partial charge in [-0.2, -0.15) is 0 Å². The van der Waals surface area contributed by atoms with Crippen LogP contribution in [0.4, 0.5) is 0 Å². The summed E-state index contributed by atoms with van der Waals surface area (Å²) in [6.45, 7) is 3.66. The Kier molecular flexibility index (Phi) is 6.52. The number of nitrogens with one attached hydrogen (secondary N) is 1. The maximum atomic E-state index is 12.2. The van der Waals surface area contributed by atoms with E-state index < -0.39 is 0 Å². The number of amides is 1. The lowest BCUT2D eigenvalue weighted by molar-refractivity contribution is -0.123. The van der Waals surface area contributed by atoms with Gasteiger partial charge in [0.25, 0.3) is 5.91 Å². The third-order valence-electron chi connectivity index (χ3n) is 3.52. The minimum absolute atomic E-state index is 0.109. The Morgan fingerprint density at radius 3 is 2.71 bits per heavy atom. The molecule has 1 N–H and O–H groups in total. The highest BCUT2D eigenvalue weighted by molar-refractivity contribution is 9.10. The Labute approximate surface area is 155 Å². The summed E-state index contributed by atoms with van der Waals surface area (Å²) in [5.41, 5.74) is 1.77. The Morgan fingerprint density at radius 2 is 2.04 bits per heavy atom. The van der Waals surface area contributed by atoms with E-state index in [0.717, 1.165) is 21.3 Å². The van der Waals surface area contributed by atoms with Gasteiger partial charge < -0.3 is 14.8 Å². The van der Waals surface area contributed by atoms with Gasteiger partial charge in [0, 0.05) is 10.0 Å². The predicted octanol–water partition coefficient (Wildman–Crippen LogP) is 4.68. The molecule has 2 aromatic rings. The van der Waals surface area contributed by atoms with Crippen LogP contribution < -0.4 is 14.8 Å². The van der Waals surface area contributed by atoms with E-state index in [9.17, 15) is 4.79 Å². The molecule has 0 saturated heterocycles. The monoisotopic (exact) mass is 411 g/mol. The van der Waals surface area contributed by atoms with Crippen LogP contribution in [-0.2, 0) is 4.79 Å². The van der Waals surface area contributed by atoms with E-state index in [1.807, 2.05) is 44.2 Å². The van der Waals surface area contributed by atoms with Gasteiger partial charge in [0.1, 0.15) is 11.5 Å². The second kappa shape index (κ2) is 8.40. The van der Waals surface area contributed by atoms with E-state index in [1.165, 1.54) is 0 Å². The molecule has 0 saturated carbocycles. The average Bonchev–Trinajstić information content (AvgIpc) is 2.53. The maximum Gasteiger partial charge on any atom is 0.258 e. The molecule has 128 valence electrons. The normalized spacial score (nSPS) is 11.7. The Hall–Kier alpha value is -1.72. The SMILES string of the molecule is COc1ccccc1C(C)NC(=O)COc1c(C)cc(Br)cc1Cl. The maximum absolute atomic E-state index is 12.2. The zero-order valence-corrected chi connectivity index (χ0v) is 16.1. The number of hydrogen-bond acceptors (Lipinski definition) is 3. The Bertz CT molecular complexity index is 713. The molecule has 2 aromatic carbocycles. The fourth-order valence-corrected chi connectivity index (χ4v) is 3.42. The largest absolute Gasteiger partial charge is 0.496 e. The van der Waals surface area contributed by atoms with Crippen molar-refractivity contribution in [3.63, 3.8) is 0 Å². The highest BCUT2D eigenvalue weighted by Gasteiger charge is 2.15. The van der Waals surface area contributed by atoms with Gasteiger partial charge in [-0.05, 0) is 37.6 Å². The van der Waals surface area contributed by atoms with Crippen molar-refractivity contribution in [3.05, 3.63) is 57.0 Å². The topological polar surface area (TPSA) is 47.6 Å². The van der Waals surface area contributed by atoms with Crippen LogP contribution >= 0.6 is 27.5 Å². The zero-order valence-electron chi connectivity index (χ0n) is 13.7. The molecule has 0 aliphatic heterocycles. The first-order valence-electron chi connectivity index (χ1n) is 7.43. The molecule has 0 spiro atoms. The molecule has 1 amide bonds. The van der Waals surface area contributed by atoms with Crippen molar-refractivity contribution >= 4 is 33.4 Å². The van der Waals surface area contributed by atoms with E-state index in [4.69, 9.17) is 21.1 Å².